The van der Waals surface area contributed by atoms with Gasteiger partial charge in [-0.05, 0) is 50.3 Å². The van der Waals surface area contributed by atoms with Crippen LogP contribution in [0.5, 0.6) is 0 Å². The maximum Gasteiger partial charge on any atom is 0.220 e. The van der Waals surface area contributed by atoms with Gasteiger partial charge in [0.15, 0.2) is 11.2 Å². The SMILES string of the molecule is Cc1nc2ccc(-n3nnc4cnc(C[C@@H]5CC[C@@H](C(N)=O)C5)nc43)cc2s1. The molecule has 3 aromatic heterocycles. The van der Waals surface area contributed by atoms with Crippen molar-refractivity contribution in [3.8, 4) is 5.69 Å². The van der Waals surface area contributed by atoms with Crippen LogP contribution in [0, 0.1) is 18.8 Å². The fourth-order valence-corrected chi connectivity index (χ4v) is 4.83. The number of hydrogen-bond donors (Lipinski definition) is 1. The fourth-order valence-electron chi connectivity index (χ4n) is 3.97. The van der Waals surface area contributed by atoms with E-state index in [0.717, 1.165) is 52.4 Å². The summed E-state index contributed by atoms with van der Waals surface area (Å²) in [5.41, 5.74) is 8.68. The van der Waals surface area contributed by atoms with Crippen LogP contribution < -0.4 is 5.73 Å². The first-order chi connectivity index (χ1) is 13.6. The molecule has 5 rings (SSSR count). The maximum atomic E-state index is 11.4. The first-order valence-corrected chi connectivity index (χ1v) is 10.1. The van der Waals surface area contributed by atoms with E-state index in [1.54, 1.807) is 22.2 Å². The molecule has 2 atom stereocenters. The molecule has 1 aliphatic carbocycles. The fraction of sp³-hybridized carbons (Fsp3) is 0.368. The van der Waals surface area contributed by atoms with Crippen molar-refractivity contribution in [2.45, 2.75) is 32.6 Å². The molecule has 2 N–H and O–H groups in total. The number of hydrogen-bond acceptors (Lipinski definition) is 7. The lowest BCUT2D eigenvalue weighted by Gasteiger charge is -2.08. The Balaban J connectivity index is 1.47. The zero-order valence-electron chi connectivity index (χ0n) is 15.4. The average molecular weight is 393 g/mol. The van der Waals surface area contributed by atoms with Crippen LogP contribution in [0.25, 0.3) is 27.1 Å². The molecule has 142 valence electrons. The summed E-state index contributed by atoms with van der Waals surface area (Å²) in [4.78, 5) is 25.1. The molecule has 1 saturated carbocycles. The van der Waals surface area contributed by atoms with E-state index in [9.17, 15) is 4.79 Å². The highest BCUT2D eigenvalue weighted by molar-refractivity contribution is 7.18. The van der Waals surface area contributed by atoms with Gasteiger partial charge in [-0.25, -0.2) is 15.0 Å². The monoisotopic (exact) mass is 393 g/mol. The van der Waals surface area contributed by atoms with Gasteiger partial charge in [-0.3, -0.25) is 4.79 Å². The highest BCUT2D eigenvalue weighted by Crippen LogP contribution is 2.32. The molecule has 0 radical (unpaired) electrons. The summed E-state index contributed by atoms with van der Waals surface area (Å²) in [7, 11) is 0. The zero-order valence-corrected chi connectivity index (χ0v) is 16.2. The van der Waals surface area contributed by atoms with E-state index < -0.39 is 0 Å². The van der Waals surface area contributed by atoms with Gasteiger partial charge in [0.25, 0.3) is 0 Å². The number of benzene rings is 1. The predicted molar refractivity (Wildman–Crippen MR) is 106 cm³/mol. The maximum absolute atomic E-state index is 11.4. The molecule has 0 saturated heterocycles. The Morgan fingerprint density at radius 1 is 1.29 bits per heavy atom. The molecule has 1 aliphatic rings. The summed E-state index contributed by atoms with van der Waals surface area (Å²) in [6.07, 6.45) is 5.11. The number of nitrogens with zero attached hydrogens (tertiary/aromatic N) is 6. The lowest BCUT2D eigenvalue weighted by atomic mass is 10.0. The summed E-state index contributed by atoms with van der Waals surface area (Å²) in [5.74, 6) is 0.919. The number of nitrogens with two attached hydrogens (primary N) is 1. The van der Waals surface area contributed by atoms with Crippen LogP contribution in [0.4, 0.5) is 0 Å². The molecular formula is C19H19N7OS. The molecule has 4 aromatic rings. The molecule has 1 amide bonds. The number of aromatic nitrogens is 6. The molecule has 28 heavy (non-hydrogen) atoms. The molecule has 3 heterocycles. The minimum atomic E-state index is -0.199. The summed E-state index contributed by atoms with van der Waals surface area (Å²) >= 11 is 1.65. The van der Waals surface area contributed by atoms with Gasteiger partial charge < -0.3 is 5.73 Å². The van der Waals surface area contributed by atoms with E-state index >= 15 is 0 Å². The standard InChI is InChI=1S/C19H19N7OS/c1-10-22-14-5-4-13(8-16(14)28-10)26-19-15(24-25-26)9-21-17(23-19)7-11-2-3-12(6-11)18(20)27/h4-5,8-9,11-12H,2-3,6-7H2,1H3,(H2,20,27)/t11-,12-/m1/s1. The van der Waals surface area contributed by atoms with Crippen molar-refractivity contribution >= 4 is 38.6 Å². The molecule has 8 nitrogen and oxygen atoms in total. The third-order valence-electron chi connectivity index (χ3n) is 5.38. The third kappa shape index (κ3) is 3.01. The Bertz CT molecular complexity index is 1200. The number of thiazole rings is 1. The van der Waals surface area contributed by atoms with Crippen LogP contribution in [-0.4, -0.2) is 35.9 Å². The Morgan fingerprint density at radius 3 is 3.00 bits per heavy atom. The molecule has 0 bridgehead atoms. The van der Waals surface area contributed by atoms with Gasteiger partial charge in [-0.2, -0.15) is 4.68 Å². The van der Waals surface area contributed by atoms with Crippen LogP contribution >= 0.6 is 11.3 Å². The number of primary amides is 1. The first kappa shape index (κ1) is 17.2. The quantitative estimate of drug-likeness (QED) is 0.570. The molecular weight excluding hydrogens is 374 g/mol. The lowest BCUT2D eigenvalue weighted by molar-refractivity contribution is -0.121. The van der Waals surface area contributed by atoms with Crippen LogP contribution in [0.3, 0.4) is 0 Å². The number of carbonyl (C=O) groups excluding carboxylic acids is 1. The summed E-state index contributed by atoms with van der Waals surface area (Å²) in [6, 6.07) is 6.03. The average Bonchev–Trinajstić information content (AvgIpc) is 3.38. The van der Waals surface area contributed by atoms with Crippen molar-refractivity contribution in [3.05, 3.63) is 35.2 Å². The molecule has 0 spiro atoms. The number of carbonyl (C=O) groups is 1. The molecule has 1 fully saturated rings. The Kier molecular flexibility index (Phi) is 4.04. The second kappa shape index (κ2) is 6.59. The summed E-state index contributed by atoms with van der Waals surface area (Å²) in [5, 5.41) is 9.51. The van der Waals surface area contributed by atoms with E-state index in [1.165, 1.54) is 0 Å². The Labute approximate surface area is 164 Å². The van der Waals surface area contributed by atoms with Gasteiger partial charge in [-0.15, -0.1) is 16.4 Å². The lowest BCUT2D eigenvalue weighted by Crippen LogP contribution is -2.21. The van der Waals surface area contributed by atoms with Gasteiger partial charge >= 0.3 is 0 Å². The molecule has 0 unspecified atom stereocenters. The minimum absolute atomic E-state index is 0.0180. The van der Waals surface area contributed by atoms with E-state index in [2.05, 4.69) is 26.3 Å². The third-order valence-corrected chi connectivity index (χ3v) is 6.31. The topological polar surface area (TPSA) is 112 Å². The van der Waals surface area contributed by atoms with Crippen molar-refractivity contribution in [2.24, 2.45) is 17.6 Å². The summed E-state index contributed by atoms with van der Waals surface area (Å²) < 4.78 is 2.85. The van der Waals surface area contributed by atoms with E-state index in [0.29, 0.717) is 17.1 Å². The van der Waals surface area contributed by atoms with Gasteiger partial charge in [0.05, 0.1) is 27.1 Å². The molecule has 9 heteroatoms. The van der Waals surface area contributed by atoms with E-state index in [-0.39, 0.29) is 11.8 Å². The van der Waals surface area contributed by atoms with Crippen molar-refractivity contribution in [1.82, 2.24) is 29.9 Å². The zero-order chi connectivity index (χ0) is 19.3. The van der Waals surface area contributed by atoms with Crippen LogP contribution in [0.2, 0.25) is 0 Å². The summed E-state index contributed by atoms with van der Waals surface area (Å²) in [6.45, 7) is 2.00. The number of aryl methyl sites for hydroxylation is 1. The highest BCUT2D eigenvalue weighted by atomic mass is 32.1. The smallest absolute Gasteiger partial charge is 0.220 e. The largest absolute Gasteiger partial charge is 0.369 e. The van der Waals surface area contributed by atoms with Gasteiger partial charge in [-0.1, -0.05) is 5.21 Å². The predicted octanol–water partition coefficient (Wildman–Crippen LogP) is 2.57. The Hall–Kier alpha value is -2.94. The number of rotatable bonds is 4. The minimum Gasteiger partial charge on any atom is -0.369 e. The number of amides is 1. The highest BCUT2D eigenvalue weighted by Gasteiger charge is 2.29. The van der Waals surface area contributed by atoms with E-state index in [4.69, 9.17) is 10.7 Å². The normalized spacial score (nSPS) is 19.6. The van der Waals surface area contributed by atoms with Crippen molar-refractivity contribution in [2.75, 3.05) is 0 Å². The van der Waals surface area contributed by atoms with Crippen molar-refractivity contribution < 1.29 is 4.79 Å². The second-order valence-corrected chi connectivity index (χ2v) is 8.60. The van der Waals surface area contributed by atoms with Gasteiger partial charge in [0, 0.05) is 12.3 Å². The molecule has 1 aromatic carbocycles. The van der Waals surface area contributed by atoms with Crippen LogP contribution in [-0.2, 0) is 11.2 Å². The van der Waals surface area contributed by atoms with Gasteiger partial charge in [0.1, 0.15) is 5.82 Å². The van der Waals surface area contributed by atoms with Crippen LogP contribution in [0.15, 0.2) is 24.4 Å². The molecule has 0 aliphatic heterocycles. The first-order valence-electron chi connectivity index (χ1n) is 9.31. The Morgan fingerprint density at radius 2 is 2.18 bits per heavy atom. The number of fused-ring (bicyclic) bond motifs is 2. The van der Waals surface area contributed by atoms with Crippen LogP contribution in [0.1, 0.15) is 30.1 Å². The van der Waals surface area contributed by atoms with E-state index in [1.807, 2.05) is 19.1 Å². The van der Waals surface area contributed by atoms with Gasteiger partial charge in [0.2, 0.25) is 5.91 Å². The second-order valence-electron chi connectivity index (χ2n) is 7.36. The van der Waals surface area contributed by atoms with Crippen molar-refractivity contribution in [3.63, 3.8) is 0 Å². The van der Waals surface area contributed by atoms with Crippen molar-refractivity contribution in [1.29, 1.82) is 0 Å².